The molecule has 0 nitrogen and oxygen atoms in total. The van der Waals surface area contributed by atoms with Gasteiger partial charge in [0.25, 0.3) is 0 Å². The van der Waals surface area contributed by atoms with Gasteiger partial charge in [-0.2, -0.15) is 0 Å². The van der Waals surface area contributed by atoms with Gasteiger partial charge in [0.15, 0.2) is 0 Å². The Balaban J connectivity index is 2.47. The van der Waals surface area contributed by atoms with E-state index in [0.29, 0.717) is 10.8 Å². The number of hydrogen-bond donors (Lipinski definition) is 0. The summed E-state index contributed by atoms with van der Waals surface area (Å²) in [6.45, 7) is 9.54. The van der Waals surface area contributed by atoms with Crippen LogP contribution in [0.3, 0.4) is 0 Å². The molecule has 86 valence electrons. The highest BCUT2D eigenvalue weighted by molar-refractivity contribution is 5.38. The molecule has 2 rings (SSSR count). The first-order valence-electron chi connectivity index (χ1n) is 6.91. The Labute approximate surface area is 95.1 Å². The van der Waals surface area contributed by atoms with Gasteiger partial charge in [-0.25, -0.2) is 0 Å². The van der Waals surface area contributed by atoms with Gasteiger partial charge in [0.1, 0.15) is 0 Å². The summed E-state index contributed by atoms with van der Waals surface area (Å²) >= 11 is 0. The molecule has 0 aromatic heterocycles. The van der Waals surface area contributed by atoms with Crippen molar-refractivity contribution in [1.82, 2.24) is 0 Å². The van der Waals surface area contributed by atoms with Crippen molar-refractivity contribution in [3.8, 4) is 0 Å². The Hall–Kier alpha value is -0.260. The van der Waals surface area contributed by atoms with Crippen LogP contribution in [0.5, 0.6) is 0 Å². The monoisotopic (exact) mass is 206 g/mol. The Kier molecular flexibility index (Phi) is 2.73. The summed E-state index contributed by atoms with van der Waals surface area (Å²) in [6, 6.07) is 0. The van der Waals surface area contributed by atoms with Crippen molar-refractivity contribution in [2.75, 3.05) is 0 Å². The molecular formula is C15H26. The van der Waals surface area contributed by atoms with Gasteiger partial charge < -0.3 is 0 Å². The highest BCUT2D eigenvalue weighted by Crippen LogP contribution is 2.68. The van der Waals surface area contributed by atoms with Crippen LogP contribution >= 0.6 is 0 Å². The molecule has 2 bridgehead atoms. The average Bonchev–Trinajstić information content (AvgIpc) is 2.80. The van der Waals surface area contributed by atoms with Crippen LogP contribution < -0.4 is 0 Å². The molecule has 2 unspecified atom stereocenters. The molecule has 0 heteroatoms. The van der Waals surface area contributed by atoms with Gasteiger partial charge in [-0.3, -0.25) is 0 Å². The molecule has 2 aliphatic rings. The fraction of sp³-hybridized carbons (Fsp3) is 0.867. The summed E-state index contributed by atoms with van der Waals surface area (Å²) in [5.41, 5.74) is 4.99. The maximum absolute atomic E-state index is 2.40. The second-order valence-corrected chi connectivity index (χ2v) is 5.61. The summed E-state index contributed by atoms with van der Waals surface area (Å²) in [5, 5.41) is 0. The van der Waals surface area contributed by atoms with Crippen LogP contribution in [0.1, 0.15) is 72.6 Å². The topological polar surface area (TPSA) is 0 Å². The quantitative estimate of drug-likeness (QED) is 0.562. The summed E-state index contributed by atoms with van der Waals surface area (Å²) in [6.07, 6.45) is 9.80. The van der Waals surface area contributed by atoms with Crippen molar-refractivity contribution < 1.29 is 0 Å². The van der Waals surface area contributed by atoms with Crippen LogP contribution in [0.15, 0.2) is 11.1 Å². The third-order valence-electron chi connectivity index (χ3n) is 5.46. The SMILES string of the molecule is CCC1=C(CC)C2(CC)CCC1(CC)C2. The molecule has 0 N–H and O–H groups in total. The summed E-state index contributed by atoms with van der Waals surface area (Å²) in [5.74, 6) is 0. The van der Waals surface area contributed by atoms with Crippen molar-refractivity contribution in [1.29, 1.82) is 0 Å². The molecule has 1 saturated carbocycles. The van der Waals surface area contributed by atoms with E-state index in [1.54, 1.807) is 0 Å². The molecule has 2 aliphatic carbocycles. The first kappa shape index (κ1) is 11.2. The van der Waals surface area contributed by atoms with Crippen LogP contribution in [0, 0.1) is 10.8 Å². The van der Waals surface area contributed by atoms with Crippen LogP contribution in [0.25, 0.3) is 0 Å². The van der Waals surface area contributed by atoms with E-state index in [9.17, 15) is 0 Å². The lowest BCUT2D eigenvalue weighted by molar-refractivity contribution is 0.322. The maximum atomic E-state index is 2.40. The maximum Gasteiger partial charge on any atom is -0.00792 e. The minimum absolute atomic E-state index is 0.635. The van der Waals surface area contributed by atoms with E-state index >= 15 is 0 Å². The number of rotatable bonds is 4. The standard InChI is InChI=1S/C15H26/c1-5-12-13(6-2)15(8-4)10-9-14(12,7-3)11-15/h5-11H2,1-4H3. The minimum Gasteiger partial charge on any atom is -0.0645 e. The second-order valence-electron chi connectivity index (χ2n) is 5.61. The predicted molar refractivity (Wildman–Crippen MR) is 66.9 cm³/mol. The molecular weight excluding hydrogens is 180 g/mol. The molecule has 15 heavy (non-hydrogen) atoms. The van der Waals surface area contributed by atoms with Gasteiger partial charge in [0, 0.05) is 0 Å². The van der Waals surface area contributed by atoms with E-state index in [4.69, 9.17) is 0 Å². The molecule has 0 aliphatic heterocycles. The fourth-order valence-corrected chi connectivity index (χ4v) is 4.67. The van der Waals surface area contributed by atoms with Crippen molar-refractivity contribution in [2.24, 2.45) is 10.8 Å². The highest BCUT2D eigenvalue weighted by Gasteiger charge is 2.55. The summed E-state index contributed by atoms with van der Waals surface area (Å²) in [7, 11) is 0. The Morgan fingerprint density at radius 3 is 1.47 bits per heavy atom. The minimum atomic E-state index is 0.635. The third-order valence-corrected chi connectivity index (χ3v) is 5.46. The van der Waals surface area contributed by atoms with Gasteiger partial charge in [-0.1, -0.05) is 38.8 Å². The molecule has 1 fully saturated rings. The number of allylic oxidation sites excluding steroid dienone is 2. The van der Waals surface area contributed by atoms with Crippen LogP contribution in [-0.2, 0) is 0 Å². The number of hydrogen-bond acceptors (Lipinski definition) is 0. The van der Waals surface area contributed by atoms with Crippen molar-refractivity contribution in [3.63, 3.8) is 0 Å². The molecule has 0 spiro atoms. The van der Waals surface area contributed by atoms with Crippen LogP contribution in [0.2, 0.25) is 0 Å². The molecule has 0 saturated heterocycles. The van der Waals surface area contributed by atoms with Gasteiger partial charge >= 0.3 is 0 Å². The fourth-order valence-electron chi connectivity index (χ4n) is 4.67. The molecule has 0 heterocycles. The molecule has 0 aromatic carbocycles. The Morgan fingerprint density at radius 1 is 0.800 bits per heavy atom. The lowest BCUT2D eigenvalue weighted by Crippen LogP contribution is -2.18. The average molecular weight is 206 g/mol. The van der Waals surface area contributed by atoms with Gasteiger partial charge in [0.2, 0.25) is 0 Å². The normalized spacial score (nSPS) is 39.2. The van der Waals surface area contributed by atoms with E-state index in [1.165, 1.54) is 44.9 Å². The zero-order valence-electron chi connectivity index (χ0n) is 10.9. The molecule has 2 atom stereocenters. The first-order valence-corrected chi connectivity index (χ1v) is 6.91. The van der Waals surface area contributed by atoms with Gasteiger partial charge in [0.05, 0.1) is 0 Å². The van der Waals surface area contributed by atoms with Crippen LogP contribution in [-0.4, -0.2) is 0 Å². The van der Waals surface area contributed by atoms with Gasteiger partial charge in [-0.05, 0) is 55.8 Å². The zero-order chi connectivity index (χ0) is 11.1. The Morgan fingerprint density at radius 2 is 1.20 bits per heavy atom. The Bertz CT molecular complexity index is 258. The second kappa shape index (κ2) is 3.64. The lowest BCUT2D eigenvalue weighted by atomic mass is 9.73. The van der Waals surface area contributed by atoms with Gasteiger partial charge in [-0.15, -0.1) is 0 Å². The predicted octanol–water partition coefficient (Wildman–Crippen LogP) is 5.09. The summed E-state index contributed by atoms with van der Waals surface area (Å²) < 4.78 is 0. The van der Waals surface area contributed by atoms with Crippen molar-refractivity contribution in [2.45, 2.75) is 72.6 Å². The smallest absolute Gasteiger partial charge is 0.00792 e. The molecule has 0 radical (unpaired) electrons. The molecule has 0 amide bonds. The number of fused-ring (bicyclic) bond motifs is 2. The third kappa shape index (κ3) is 1.26. The lowest BCUT2D eigenvalue weighted by Gasteiger charge is -2.32. The van der Waals surface area contributed by atoms with E-state index < -0.39 is 0 Å². The van der Waals surface area contributed by atoms with E-state index in [1.807, 2.05) is 11.1 Å². The molecule has 0 aromatic rings. The van der Waals surface area contributed by atoms with Crippen molar-refractivity contribution >= 4 is 0 Å². The summed E-state index contributed by atoms with van der Waals surface area (Å²) in [4.78, 5) is 0. The first-order chi connectivity index (χ1) is 7.18. The van der Waals surface area contributed by atoms with E-state index in [0.717, 1.165) is 0 Å². The zero-order valence-corrected chi connectivity index (χ0v) is 10.9. The van der Waals surface area contributed by atoms with Crippen molar-refractivity contribution in [3.05, 3.63) is 11.1 Å². The van der Waals surface area contributed by atoms with E-state index in [2.05, 4.69) is 27.7 Å². The van der Waals surface area contributed by atoms with Crippen LogP contribution in [0.4, 0.5) is 0 Å². The largest absolute Gasteiger partial charge is 0.0645 e. The van der Waals surface area contributed by atoms with E-state index in [-0.39, 0.29) is 0 Å². The highest BCUT2D eigenvalue weighted by atomic mass is 14.6.